The van der Waals surface area contributed by atoms with Gasteiger partial charge in [-0.3, -0.25) is 4.79 Å². The van der Waals surface area contributed by atoms with E-state index in [1.165, 1.54) is 36.1 Å². The number of hydrogen-bond acceptors (Lipinski definition) is 5. The average Bonchev–Trinajstić information content (AvgIpc) is 3.18. The summed E-state index contributed by atoms with van der Waals surface area (Å²) in [6.45, 7) is 2.09. The highest BCUT2D eigenvalue weighted by Gasteiger charge is 2.21. The van der Waals surface area contributed by atoms with Crippen LogP contribution in [0.25, 0.3) is 0 Å². The van der Waals surface area contributed by atoms with E-state index in [4.69, 9.17) is 12.2 Å². The number of thiocarbonyl (C=S) groups is 1. The van der Waals surface area contributed by atoms with Crippen molar-refractivity contribution < 1.29 is 4.79 Å². The van der Waals surface area contributed by atoms with Gasteiger partial charge < -0.3 is 10.2 Å². The first-order valence-electron chi connectivity index (χ1n) is 8.95. The van der Waals surface area contributed by atoms with Gasteiger partial charge in [0.15, 0.2) is 0 Å². The lowest BCUT2D eigenvalue weighted by atomic mass is 10.1. The van der Waals surface area contributed by atoms with Crippen LogP contribution in [0.15, 0.2) is 0 Å². The summed E-state index contributed by atoms with van der Waals surface area (Å²) < 4.78 is 0.908. The first-order valence-corrected chi connectivity index (χ1v) is 11.2. The molecular weight excluding hydrogens is 370 g/mol. The summed E-state index contributed by atoms with van der Waals surface area (Å²) in [4.78, 5) is 15.8. The highest BCUT2D eigenvalue weighted by Crippen LogP contribution is 2.37. The van der Waals surface area contributed by atoms with Crippen LogP contribution < -0.4 is 5.32 Å². The van der Waals surface area contributed by atoms with E-state index >= 15 is 0 Å². The molecule has 1 amide bonds. The van der Waals surface area contributed by atoms with Gasteiger partial charge in [0, 0.05) is 30.1 Å². The Bertz CT molecular complexity index is 686. The molecule has 3 rings (SSSR count). The van der Waals surface area contributed by atoms with E-state index in [-0.39, 0.29) is 5.91 Å². The zero-order valence-electron chi connectivity index (χ0n) is 14.3. The van der Waals surface area contributed by atoms with Crippen molar-refractivity contribution in [2.45, 2.75) is 51.4 Å². The van der Waals surface area contributed by atoms with E-state index in [1.54, 1.807) is 23.1 Å². The van der Waals surface area contributed by atoms with Crippen LogP contribution >= 0.6 is 35.3 Å². The Morgan fingerprint density at radius 2 is 2.00 bits per heavy atom. The molecule has 0 aromatic carbocycles. The lowest BCUT2D eigenvalue weighted by molar-refractivity contribution is -0.115. The van der Waals surface area contributed by atoms with Crippen LogP contribution in [0.5, 0.6) is 0 Å². The van der Waals surface area contributed by atoms with Gasteiger partial charge in [0.2, 0.25) is 5.91 Å². The Morgan fingerprint density at radius 1 is 1.24 bits per heavy atom. The van der Waals surface area contributed by atoms with E-state index in [9.17, 15) is 10.1 Å². The van der Waals surface area contributed by atoms with E-state index in [1.807, 2.05) is 0 Å². The molecular formula is C18H23N3OS3. The smallest absolute Gasteiger partial charge is 0.225 e. The van der Waals surface area contributed by atoms with Crippen molar-refractivity contribution in [2.75, 3.05) is 24.2 Å². The first kappa shape index (κ1) is 18.7. The van der Waals surface area contributed by atoms with Gasteiger partial charge in [-0.15, -0.1) is 11.3 Å². The SMILES string of the molecule is N#Cc1c(NC(=O)CCSC(=S)N2CCCC2)sc2c1CCCCC2. The molecule has 0 radical (unpaired) electrons. The maximum atomic E-state index is 12.3. The molecule has 134 valence electrons. The number of rotatable bonds is 4. The summed E-state index contributed by atoms with van der Waals surface area (Å²) in [5.74, 6) is 0.665. The van der Waals surface area contributed by atoms with Crippen molar-refractivity contribution in [3.05, 3.63) is 16.0 Å². The minimum Gasteiger partial charge on any atom is -0.358 e. The van der Waals surface area contributed by atoms with Crippen molar-refractivity contribution in [3.8, 4) is 6.07 Å². The van der Waals surface area contributed by atoms with Crippen LogP contribution in [0.2, 0.25) is 0 Å². The minimum atomic E-state index is -0.0235. The predicted molar refractivity (Wildman–Crippen MR) is 109 cm³/mol. The lowest BCUT2D eigenvalue weighted by Crippen LogP contribution is -2.24. The number of nitriles is 1. The van der Waals surface area contributed by atoms with Crippen LogP contribution in [0.4, 0.5) is 5.00 Å². The van der Waals surface area contributed by atoms with Crippen molar-refractivity contribution in [1.29, 1.82) is 5.26 Å². The van der Waals surface area contributed by atoms with Gasteiger partial charge in [0.1, 0.15) is 15.4 Å². The Balaban J connectivity index is 1.52. The molecule has 0 bridgehead atoms. The normalized spacial score (nSPS) is 16.8. The third-order valence-electron chi connectivity index (χ3n) is 4.70. The monoisotopic (exact) mass is 393 g/mol. The van der Waals surface area contributed by atoms with Gasteiger partial charge in [-0.25, -0.2) is 0 Å². The van der Waals surface area contributed by atoms with Crippen molar-refractivity contribution in [3.63, 3.8) is 0 Å². The van der Waals surface area contributed by atoms with Crippen molar-refractivity contribution in [2.24, 2.45) is 0 Å². The molecule has 0 unspecified atom stereocenters. The van der Waals surface area contributed by atoms with Crippen molar-refractivity contribution in [1.82, 2.24) is 4.90 Å². The number of anilines is 1. The van der Waals surface area contributed by atoms with Crippen LogP contribution in [0, 0.1) is 11.3 Å². The maximum Gasteiger partial charge on any atom is 0.225 e. The Hall–Kier alpha value is -1.10. The summed E-state index contributed by atoms with van der Waals surface area (Å²) in [6, 6.07) is 2.31. The van der Waals surface area contributed by atoms with Gasteiger partial charge >= 0.3 is 0 Å². The second-order valence-electron chi connectivity index (χ2n) is 6.49. The number of amides is 1. The second kappa shape index (κ2) is 9.02. The van der Waals surface area contributed by atoms with Crippen LogP contribution in [-0.2, 0) is 17.6 Å². The first-order chi connectivity index (χ1) is 12.2. The van der Waals surface area contributed by atoms with Crippen LogP contribution in [-0.4, -0.2) is 34.0 Å². The maximum absolute atomic E-state index is 12.3. The van der Waals surface area contributed by atoms with E-state index in [0.29, 0.717) is 17.7 Å². The number of nitrogens with zero attached hydrogens (tertiary/aromatic N) is 2. The minimum absolute atomic E-state index is 0.0235. The number of hydrogen-bond donors (Lipinski definition) is 1. The van der Waals surface area contributed by atoms with E-state index in [2.05, 4.69) is 16.3 Å². The van der Waals surface area contributed by atoms with Gasteiger partial charge in [0.05, 0.1) is 5.56 Å². The highest BCUT2D eigenvalue weighted by atomic mass is 32.2. The fourth-order valence-electron chi connectivity index (χ4n) is 3.36. The van der Waals surface area contributed by atoms with Crippen LogP contribution in [0.1, 0.15) is 54.5 Å². The molecule has 1 aliphatic heterocycles. The fourth-order valence-corrected chi connectivity index (χ4v) is 5.88. The highest BCUT2D eigenvalue weighted by molar-refractivity contribution is 8.22. The molecule has 0 saturated carbocycles. The predicted octanol–water partition coefficient (Wildman–Crippen LogP) is 4.33. The molecule has 7 heteroatoms. The third kappa shape index (κ3) is 4.75. The number of thioether (sulfide) groups is 1. The topological polar surface area (TPSA) is 56.1 Å². The van der Waals surface area contributed by atoms with E-state index < -0.39 is 0 Å². The molecule has 1 aromatic heterocycles. The number of thiophene rings is 1. The number of likely N-dealkylation sites (tertiary alicyclic amines) is 1. The number of carbonyl (C=O) groups is 1. The standard InChI is InChI=1S/C18H23N3OS3/c19-12-14-13-6-2-1-3-7-15(13)25-17(14)20-16(22)8-11-24-18(23)21-9-4-5-10-21/h1-11H2,(H,20,22). The summed E-state index contributed by atoms with van der Waals surface area (Å²) in [5.41, 5.74) is 1.86. The Labute approximate surface area is 163 Å². The Kier molecular flexibility index (Phi) is 6.74. The van der Waals surface area contributed by atoms with E-state index in [0.717, 1.165) is 41.7 Å². The fraction of sp³-hybridized carbons (Fsp3) is 0.611. The number of aryl methyl sites for hydroxylation is 1. The number of fused-ring (bicyclic) bond motifs is 1. The zero-order chi connectivity index (χ0) is 17.6. The molecule has 0 spiro atoms. The summed E-state index contributed by atoms with van der Waals surface area (Å²) >= 11 is 8.60. The molecule has 1 saturated heterocycles. The van der Waals surface area contributed by atoms with Gasteiger partial charge in [-0.1, -0.05) is 30.4 Å². The Morgan fingerprint density at radius 3 is 2.76 bits per heavy atom. The molecule has 4 nitrogen and oxygen atoms in total. The second-order valence-corrected chi connectivity index (χ2v) is 9.32. The molecule has 25 heavy (non-hydrogen) atoms. The molecule has 1 N–H and O–H groups in total. The molecule has 1 aliphatic carbocycles. The van der Waals surface area contributed by atoms with Crippen molar-refractivity contribution >= 4 is 50.5 Å². The quantitative estimate of drug-likeness (QED) is 0.609. The third-order valence-corrected chi connectivity index (χ3v) is 7.44. The lowest BCUT2D eigenvalue weighted by Gasteiger charge is -2.17. The largest absolute Gasteiger partial charge is 0.358 e. The molecule has 2 aliphatic rings. The number of nitrogens with one attached hydrogen (secondary N) is 1. The summed E-state index contributed by atoms with van der Waals surface area (Å²) in [7, 11) is 0. The molecule has 1 fully saturated rings. The average molecular weight is 394 g/mol. The van der Waals surface area contributed by atoms with Gasteiger partial charge in [0.25, 0.3) is 0 Å². The molecule has 2 heterocycles. The summed E-state index contributed by atoms with van der Waals surface area (Å²) in [6.07, 6.45) is 8.37. The van der Waals surface area contributed by atoms with Gasteiger partial charge in [-0.05, 0) is 44.1 Å². The molecule has 0 atom stereocenters. The summed E-state index contributed by atoms with van der Waals surface area (Å²) in [5, 5.41) is 13.2. The molecule has 1 aromatic rings. The van der Waals surface area contributed by atoms with Gasteiger partial charge in [-0.2, -0.15) is 5.26 Å². The van der Waals surface area contributed by atoms with Crippen LogP contribution in [0.3, 0.4) is 0 Å². The number of carbonyl (C=O) groups excluding carboxylic acids is 1. The zero-order valence-corrected chi connectivity index (χ0v) is 16.8.